The van der Waals surface area contributed by atoms with Gasteiger partial charge in [0.1, 0.15) is 12.7 Å². The Labute approximate surface area is 148 Å². The molecule has 6 heteroatoms. The number of hydrogen-bond donors (Lipinski definition) is 2. The van der Waals surface area contributed by atoms with Crippen molar-refractivity contribution in [2.45, 2.75) is 36.9 Å². The number of thioether (sulfide) groups is 1. The van der Waals surface area contributed by atoms with Gasteiger partial charge in [0.15, 0.2) is 17.6 Å². The Hall–Kier alpha value is -0.950. The molecule has 0 aromatic heterocycles. The van der Waals surface area contributed by atoms with Gasteiger partial charge in [-0.2, -0.15) is 0 Å². The first-order valence-electron chi connectivity index (χ1n) is 8.93. The average molecular weight is 353 g/mol. The molecule has 3 rings (SSSR count). The van der Waals surface area contributed by atoms with Crippen LogP contribution in [0.2, 0.25) is 0 Å². The number of ether oxygens (including phenoxy) is 2. The number of unbranched alkanes of at least 4 members (excludes halogenated alkanes) is 1. The molecule has 5 nitrogen and oxygen atoms in total. The van der Waals surface area contributed by atoms with Crippen LogP contribution in [-0.4, -0.2) is 67.3 Å². The minimum Gasteiger partial charge on any atom is -0.486 e. The van der Waals surface area contributed by atoms with E-state index in [4.69, 9.17) is 9.47 Å². The maximum absolute atomic E-state index is 10.5. The predicted molar refractivity (Wildman–Crippen MR) is 97.3 cm³/mol. The maximum Gasteiger partial charge on any atom is 0.162 e. The summed E-state index contributed by atoms with van der Waals surface area (Å²) in [6.45, 7) is 7.15. The molecule has 1 fully saturated rings. The van der Waals surface area contributed by atoms with Gasteiger partial charge in [-0.15, -0.1) is 11.8 Å². The largest absolute Gasteiger partial charge is 0.486 e. The lowest BCUT2D eigenvalue weighted by molar-refractivity contribution is -0.0267. The molecule has 2 heterocycles. The molecule has 0 amide bonds. The van der Waals surface area contributed by atoms with Crippen LogP contribution in [0.5, 0.6) is 11.5 Å². The number of aliphatic hydroxyl groups excluding tert-OH is 1. The molecule has 0 saturated carbocycles. The van der Waals surface area contributed by atoms with E-state index in [1.807, 2.05) is 17.8 Å². The number of fused-ring (bicyclic) bond motifs is 1. The van der Waals surface area contributed by atoms with Crippen LogP contribution in [0, 0.1) is 0 Å². The molecule has 1 saturated heterocycles. The predicted octanol–water partition coefficient (Wildman–Crippen LogP) is 1.98. The monoisotopic (exact) mass is 352 g/mol. The minimum absolute atomic E-state index is 0.300. The molecule has 134 valence electrons. The Morgan fingerprint density at radius 3 is 2.96 bits per heavy atom. The molecule has 2 aliphatic rings. The summed E-state index contributed by atoms with van der Waals surface area (Å²) in [7, 11) is 0. The summed E-state index contributed by atoms with van der Waals surface area (Å²) >= 11 is 1.85. The minimum atomic E-state index is -0.533. The van der Waals surface area contributed by atoms with E-state index in [0.29, 0.717) is 13.2 Å². The SMILES string of the molecule is CCCCSc1ccc2c(c1)OCC(C(O)CN1CCNCC1)O2. The van der Waals surface area contributed by atoms with Gasteiger partial charge in [0, 0.05) is 37.6 Å². The highest BCUT2D eigenvalue weighted by Crippen LogP contribution is 2.36. The first-order valence-corrected chi connectivity index (χ1v) is 9.92. The van der Waals surface area contributed by atoms with Gasteiger partial charge in [-0.3, -0.25) is 4.90 Å². The number of hydrogen-bond acceptors (Lipinski definition) is 6. The summed E-state index contributed by atoms with van der Waals surface area (Å²) in [5.41, 5.74) is 0. The van der Waals surface area contributed by atoms with E-state index in [2.05, 4.69) is 29.3 Å². The van der Waals surface area contributed by atoms with E-state index in [9.17, 15) is 5.11 Å². The topological polar surface area (TPSA) is 54.0 Å². The number of nitrogens with one attached hydrogen (secondary N) is 1. The second-order valence-electron chi connectivity index (χ2n) is 6.40. The van der Waals surface area contributed by atoms with Crippen LogP contribution in [0.1, 0.15) is 19.8 Å². The van der Waals surface area contributed by atoms with E-state index < -0.39 is 6.10 Å². The van der Waals surface area contributed by atoms with Gasteiger partial charge in [-0.05, 0) is 30.4 Å². The van der Waals surface area contributed by atoms with E-state index in [1.54, 1.807) is 0 Å². The van der Waals surface area contributed by atoms with Crippen molar-refractivity contribution in [1.29, 1.82) is 0 Å². The van der Waals surface area contributed by atoms with Crippen molar-refractivity contribution in [1.82, 2.24) is 10.2 Å². The van der Waals surface area contributed by atoms with Crippen LogP contribution >= 0.6 is 11.8 Å². The Kier molecular flexibility index (Phi) is 6.66. The first kappa shape index (κ1) is 17.9. The van der Waals surface area contributed by atoms with Crippen molar-refractivity contribution < 1.29 is 14.6 Å². The lowest BCUT2D eigenvalue weighted by atomic mass is 10.1. The quantitative estimate of drug-likeness (QED) is 0.578. The molecule has 0 radical (unpaired) electrons. The number of nitrogens with zero attached hydrogens (tertiary/aromatic N) is 1. The van der Waals surface area contributed by atoms with Gasteiger partial charge in [-0.25, -0.2) is 0 Å². The van der Waals surface area contributed by atoms with Crippen LogP contribution in [0.4, 0.5) is 0 Å². The molecule has 1 aromatic carbocycles. The fourth-order valence-electron chi connectivity index (χ4n) is 2.96. The van der Waals surface area contributed by atoms with Crippen molar-refractivity contribution in [2.24, 2.45) is 0 Å². The molecule has 0 aliphatic carbocycles. The fourth-order valence-corrected chi connectivity index (χ4v) is 3.98. The van der Waals surface area contributed by atoms with Gasteiger partial charge in [-0.1, -0.05) is 13.3 Å². The van der Waals surface area contributed by atoms with Crippen LogP contribution in [0.3, 0.4) is 0 Å². The zero-order valence-corrected chi connectivity index (χ0v) is 15.2. The standard InChI is InChI=1S/C18H28N2O3S/c1-2-3-10-24-14-4-5-16-17(11-14)22-13-18(23-16)15(21)12-20-8-6-19-7-9-20/h4-5,11,15,18-19,21H,2-3,6-10,12-13H2,1H3. The molecule has 24 heavy (non-hydrogen) atoms. The van der Waals surface area contributed by atoms with E-state index in [0.717, 1.165) is 43.4 Å². The summed E-state index contributed by atoms with van der Waals surface area (Å²) in [4.78, 5) is 3.48. The molecular formula is C18H28N2O3S. The third-order valence-corrected chi connectivity index (χ3v) is 5.53. The molecule has 2 atom stereocenters. The lowest BCUT2D eigenvalue weighted by Crippen LogP contribution is -2.51. The molecular weight excluding hydrogens is 324 g/mol. The van der Waals surface area contributed by atoms with E-state index >= 15 is 0 Å². The van der Waals surface area contributed by atoms with Gasteiger partial charge in [0.25, 0.3) is 0 Å². The molecule has 1 aromatic rings. The normalized spacial score (nSPS) is 22.3. The molecule has 0 spiro atoms. The molecule has 0 bridgehead atoms. The van der Waals surface area contributed by atoms with Crippen LogP contribution in [-0.2, 0) is 0 Å². The number of benzene rings is 1. The number of piperazine rings is 1. The Bertz CT molecular complexity index is 523. The fraction of sp³-hybridized carbons (Fsp3) is 0.667. The second kappa shape index (κ2) is 8.94. The lowest BCUT2D eigenvalue weighted by Gasteiger charge is -2.34. The molecule has 2 aliphatic heterocycles. The highest BCUT2D eigenvalue weighted by atomic mass is 32.2. The smallest absolute Gasteiger partial charge is 0.162 e. The summed E-state index contributed by atoms with van der Waals surface area (Å²) in [6.07, 6.45) is 1.60. The summed E-state index contributed by atoms with van der Waals surface area (Å²) in [5, 5.41) is 13.8. The first-order chi connectivity index (χ1) is 11.8. The van der Waals surface area contributed by atoms with Crippen molar-refractivity contribution in [3.63, 3.8) is 0 Å². The van der Waals surface area contributed by atoms with Gasteiger partial charge < -0.3 is 19.9 Å². The highest BCUT2D eigenvalue weighted by molar-refractivity contribution is 7.99. The van der Waals surface area contributed by atoms with E-state index in [1.165, 1.54) is 17.7 Å². The third-order valence-electron chi connectivity index (χ3n) is 4.45. The van der Waals surface area contributed by atoms with Crippen molar-refractivity contribution in [3.05, 3.63) is 18.2 Å². The van der Waals surface area contributed by atoms with Crippen molar-refractivity contribution in [2.75, 3.05) is 45.1 Å². The maximum atomic E-state index is 10.5. The summed E-state index contributed by atoms with van der Waals surface area (Å²) in [6, 6.07) is 6.09. The molecule has 2 N–H and O–H groups in total. The van der Waals surface area contributed by atoms with Crippen LogP contribution in [0.25, 0.3) is 0 Å². The molecule has 2 unspecified atom stereocenters. The van der Waals surface area contributed by atoms with Crippen molar-refractivity contribution in [3.8, 4) is 11.5 Å². The highest BCUT2D eigenvalue weighted by Gasteiger charge is 2.29. The van der Waals surface area contributed by atoms with Crippen LogP contribution < -0.4 is 14.8 Å². The zero-order chi connectivity index (χ0) is 16.8. The van der Waals surface area contributed by atoms with Crippen molar-refractivity contribution >= 4 is 11.8 Å². The Balaban J connectivity index is 1.53. The Morgan fingerprint density at radius 1 is 1.33 bits per heavy atom. The zero-order valence-electron chi connectivity index (χ0n) is 14.4. The average Bonchev–Trinajstić information content (AvgIpc) is 2.62. The van der Waals surface area contributed by atoms with Gasteiger partial charge in [0.05, 0.1) is 0 Å². The second-order valence-corrected chi connectivity index (χ2v) is 7.56. The van der Waals surface area contributed by atoms with Gasteiger partial charge >= 0.3 is 0 Å². The summed E-state index contributed by atoms with van der Waals surface area (Å²) < 4.78 is 11.9. The Morgan fingerprint density at radius 2 is 2.17 bits per heavy atom. The van der Waals surface area contributed by atoms with Crippen LogP contribution in [0.15, 0.2) is 23.1 Å². The third kappa shape index (κ3) is 4.79. The number of aliphatic hydroxyl groups is 1. The number of rotatable bonds is 7. The number of β-amino-alcohol motifs (C(OH)–C–C–N with tert-alkyl or cyclic N) is 1. The van der Waals surface area contributed by atoms with Gasteiger partial charge in [0.2, 0.25) is 0 Å². The summed E-state index contributed by atoms with van der Waals surface area (Å²) in [5.74, 6) is 2.66. The van der Waals surface area contributed by atoms with E-state index in [-0.39, 0.29) is 6.10 Å².